The van der Waals surface area contributed by atoms with E-state index >= 15 is 9.59 Å². The summed E-state index contributed by atoms with van der Waals surface area (Å²) in [6, 6.07) is 19.7. The number of carbonyl (C=O) groups is 10. The number of fused-ring (bicyclic) bond motifs is 2. The van der Waals surface area contributed by atoms with Gasteiger partial charge in [-0.2, -0.15) is 0 Å². The normalized spacial score (nSPS) is 16.6. The summed E-state index contributed by atoms with van der Waals surface area (Å²) in [7, 11) is 0. The molecule has 0 unspecified atom stereocenters. The molecule has 504 valence electrons. The van der Waals surface area contributed by atoms with E-state index in [1.165, 1.54) is 41.7 Å². The third kappa shape index (κ3) is 20.0. The number of carbonyl (C=O) groups excluding carboxylic acids is 10. The number of imidazole rings is 1. The third-order valence-corrected chi connectivity index (χ3v) is 16.7. The Morgan fingerprint density at radius 1 is 0.642 bits per heavy atom. The molecule has 0 saturated carbocycles. The van der Waals surface area contributed by atoms with E-state index in [0.717, 1.165) is 21.5 Å². The monoisotopic (exact) mass is 1300 g/mol. The molecule has 0 aliphatic carbocycles. The number of benzene rings is 5. The molecule has 8 rings (SSSR count). The van der Waals surface area contributed by atoms with Gasteiger partial charge in [0.1, 0.15) is 60.1 Å². The average molecular weight is 1300 g/mol. The molecular formula is C68H85N15O12. The highest BCUT2D eigenvalue weighted by atomic mass is 16.3. The van der Waals surface area contributed by atoms with Gasteiger partial charge in [0.2, 0.25) is 59.1 Å². The largest absolute Gasteiger partial charge is 0.508 e. The fourth-order valence-electron chi connectivity index (χ4n) is 11.8. The number of likely N-dealkylation sites (tertiary alicyclic amines) is 1. The number of nitrogens with two attached hydrogens (primary N) is 2. The smallest absolute Gasteiger partial charge is 0.245 e. The topological polar surface area (TPSA) is 416 Å². The Morgan fingerprint density at radius 2 is 1.22 bits per heavy atom. The van der Waals surface area contributed by atoms with Crippen LogP contribution in [0.5, 0.6) is 5.75 Å². The summed E-state index contributed by atoms with van der Waals surface area (Å²) < 4.78 is 0. The number of phenolic OH excluding ortho intramolecular Hbond substituents is 1. The van der Waals surface area contributed by atoms with Gasteiger partial charge in [-0.1, -0.05) is 111 Å². The van der Waals surface area contributed by atoms with Crippen molar-refractivity contribution in [3.8, 4) is 5.75 Å². The summed E-state index contributed by atoms with van der Waals surface area (Å²) in [5.41, 5.74) is 13.3. The number of likely N-dealkylation sites (N-methyl/N-ethyl adjacent to an activating group) is 1. The molecule has 0 bridgehead atoms. The second kappa shape index (κ2) is 33.9. The molecule has 2 aliphatic rings. The summed E-state index contributed by atoms with van der Waals surface area (Å²) in [6.07, 6.45) is 3.82. The lowest BCUT2D eigenvalue weighted by molar-refractivity contribution is -0.142. The molecule has 1 aromatic heterocycles. The van der Waals surface area contributed by atoms with Gasteiger partial charge in [0, 0.05) is 63.6 Å². The van der Waals surface area contributed by atoms with Gasteiger partial charge < -0.3 is 79.4 Å². The summed E-state index contributed by atoms with van der Waals surface area (Å²) >= 11 is 0. The molecule has 0 radical (unpaired) electrons. The first-order valence-electron chi connectivity index (χ1n) is 32.0. The number of hydrogen-bond acceptors (Lipinski definition) is 14. The molecule has 0 spiro atoms. The van der Waals surface area contributed by atoms with E-state index in [9.17, 15) is 48.6 Å². The minimum Gasteiger partial charge on any atom is -0.508 e. The first-order chi connectivity index (χ1) is 45.7. The number of hydrogen-bond donors (Lipinski definition) is 14. The van der Waals surface area contributed by atoms with Gasteiger partial charge in [0.05, 0.1) is 12.9 Å². The number of nitrogens with one attached hydrogen (secondary N) is 10. The van der Waals surface area contributed by atoms with Crippen molar-refractivity contribution < 1.29 is 58.2 Å². The van der Waals surface area contributed by atoms with Gasteiger partial charge >= 0.3 is 0 Å². The first kappa shape index (κ1) is 70.4. The molecule has 2 aliphatic heterocycles. The van der Waals surface area contributed by atoms with Crippen molar-refractivity contribution in [2.45, 2.75) is 146 Å². The molecule has 5 aromatic carbocycles. The van der Waals surface area contributed by atoms with Crippen molar-refractivity contribution in [2.75, 3.05) is 26.2 Å². The van der Waals surface area contributed by atoms with Crippen LogP contribution in [0.3, 0.4) is 0 Å². The maximum Gasteiger partial charge on any atom is 0.245 e. The number of aliphatic hydroxyl groups is 1. The fourth-order valence-corrected chi connectivity index (χ4v) is 11.8. The van der Waals surface area contributed by atoms with Gasteiger partial charge in [-0.3, -0.25) is 52.9 Å². The number of guanidine groups is 1. The van der Waals surface area contributed by atoms with Gasteiger partial charge in [0.15, 0.2) is 5.96 Å². The molecule has 27 heteroatoms. The van der Waals surface area contributed by atoms with E-state index in [1.54, 1.807) is 31.2 Å². The number of aliphatic imine (C=N–C) groups is 1. The zero-order chi connectivity index (χ0) is 68.1. The number of aliphatic hydroxyl groups excluding tert-OH is 1. The van der Waals surface area contributed by atoms with Crippen LogP contribution in [0.4, 0.5) is 0 Å². The zero-order valence-corrected chi connectivity index (χ0v) is 53.4. The van der Waals surface area contributed by atoms with Crippen molar-refractivity contribution in [1.82, 2.24) is 62.7 Å². The minimum atomic E-state index is -1.78. The van der Waals surface area contributed by atoms with Crippen LogP contribution in [0.25, 0.3) is 21.5 Å². The Hall–Kier alpha value is -10.4. The molecule has 6 aromatic rings. The lowest BCUT2D eigenvalue weighted by atomic mass is 9.97. The first-order valence-corrected chi connectivity index (χ1v) is 32.0. The van der Waals surface area contributed by atoms with Gasteiger partial charge in [-0.05, 0) is 102 Å². The number of aromatic amines is 1. The van der Waals surface area contributed by atoms with Gasteiger partial charge in [-0.25, -0.2) is 4.98 Å². The van der Waals surface area contributed by atoms with Gasteiger partial charge in [-0.15, -0.1) is 0 Å². The molecule has 3 heterocycles. The van der Waals surface area contributed by atoms with Crippen LogP contribution in [-0.2, 0) is 73.6 Å². The van der Waals surface area contributed by atoms with Crippen LogP contribution < -0.4 is 59.3 Å². The van der Waals surface area contributed by atoms with Crippen LogP contribution in [0, 0.1) is 5.92 Å². The maximum atomic E-state index is 15.1. The quantitative estimate of drug-likeness (QED) is 0.0156. The van der Waals surface area contributed by atoms with Crippen LogP contribution in [0.1, 0.15) is 88.1 Å². The Labute approximate surface area is 549 Å². The minimum absolute atomic E-state index is 0.0677. The van der Waals surface area contributed by atoms with Crippen molar-refractivity contribution >= 4 is 86.6 Å². The summed E-state index contributed by atoms with van der Waals surface area (Å²) in [6.45, 7) is 5.16. The second-order valence-corrected chi connectivity index (χ2v) is 24.3. The molecule has 95 heavy (non-hydrogen) atoms. The predicted molar refractivity (Wildman–Crippen MR) is 354 cm³/mol. The number of phenols is 1. The van der Waals surface area contributed by atoms with Crippen molar-refractivity contribution in [3.63, 3.8) is 0 Å². The van der Waals surface area contributed by atoms with E-state index in [2.05, 4.69) is 62.8 Å². The number of aromatic hydroxyl groups is 1. The molecular weight excluding hydrogens is 1220 g/mol. The van der Waals surface area contributed by atoms with Crippen LogP contribution in [-0.4, -0.2) is 171 Å². The zero-order valence-electron chi connectivity index (χ0n) is 53.4. The second-order valence-electron chi connectivity index (χ2n) is 24.3. The Balaban J connectivity index is 1.06. The number of aromatic nitrogens is 2. The molecule has 2 saturated heterocycles. The Morgan fingerprint density at radius 3 is 1.85 bits per heavy atom. The standard InChI is InChI=1S/C68H85N15O12/c1-4-72-66(94)57-19-11-29-83(57)67(95)50(18-10-28-73-68(69)70)76-60(88)51(30-39(2)3)77-62(90)53(33-41-20-23-42-12-5-6-14-44(42)31-41)78-61(89)52(32-40-21-24-47(85)25-22-40)79-65(93)56(37-84)82-63(91)54(34-45-16-9-15-43-13-7-8-17-48(43)45)80-64(92)55(35-46-36-71-38-74-46)81-59(87)49-26-27-58(86)75-49/h5-9,12-17,20-25,31,36,38-39,49-57,84-85H,4,10-11,18-19,26-30,32-35,37H2,1-3H3,(H,71,74)(H,72,94)(H,75,86)(H,76,88)(H,77,90)(H,78,89)(H,79,93)(H,80,92)(H,81,87)(H,82,91)(H4,69,70,73)/t49-,50-,51-,52-,53+,54-,55-,56-,57-/m0/s1. The Bertz CT molecular complexity index is 3720. The lowest BCUT2D eigenvalue weighted by Gasteiger charge is -2.30. The fraction of sp³-hybridized carbons (Fsp3) is 0.412. The van der Waals surface area contributed by atoms with E-state index < -0.39 is 108 Å². The van der Waals surface area contributed by atoms with Crippen LogP contribution in [0.15, 0.2) is 127 Å². The maximum absolute atomic E-state index is 15.1. The molecule has 16 N–H and O–H groups in total. The highest BCUT2D eigenvalue weighted by Gasteiger charge is 2.40. The Kier molecular flexibility index (Phi) is 25.2. The molecule has 27 nitrogen and oxygen atoms in total. The van der Waals surface area contributed by atoms with Crippen molar-refractivity contribution in [3.05, 3.63) is 144 Å². The van der Waals surface area contributed by atoms with Gasteiger partial charge in [0.25, 0.3) is 0 Å². The number of amides is 10. The number of nitrogens with zero attached hydrogens (tertiary/aromatic N) is 3. The molecule has 10 amide bonds. The number of rotatable bonds is 32. The van der Waals surface area contributed by atoms with E-state index in [4.69, 9.17) is 11.5 Å². The van der Waals surface area contributed by atoms with Crippen molar-refractivity contribution in [2.24, 2.45) is 22.4 Å². The highest BCUT2D eigenvalue weighted by molar-refractivity contribution is 6.00. The third-order valence-electron chi connectivity index (χ3n) is 16.7. The van der Waals surface area contributed by atoms with E-state index in [-0.39, 0.29) is 100 Å². The van der Waals surface area contributed by atoms with Crippen molar-refractivity contribution in [1.29, 1.82) is 0 Å². The van der Waals surface area contributed by atoms with Crippen LogP contribution >= 0.6 is 0 Å². The molecule has 9 atom stereocenters. The summed E-state index contributed by atoms with van der Waals surface area (Å²) in [4.78, 5) is 155. The number of H-pyrrole nitrogens is 1. The predicted octanol–water partition coefficient (Wildman–Crippen LogP) is 0.584. The summed E-state index contributed by atoms with van der Waals surface area (Å²) in [5.74, 6) is -7.53. The summed E-state index contributed by atoms with van der Waals surface area (Å²) in [5, 5.41) is 49.1. The SMILES string of the molecule is CCNC(=O)[C@@H]1CCCN1C(=O)[C@H](CCCN=C(N)N)NC(=O)[C@H](CC(C)C)NC(=O)[C@@H](Cc1ccc2ccccc2c1)NC(=O)[C@H](Cc1ccc(O)cc1)NC(=O)[C@H](CO)NC(=O)[C@H](Cc1cccc2ccccc12)NC(=O)[C@H](Cc1cnc[nH]1)NC(=O)[C@@H]1CCC(=O)N1. The van der Waals surface area contributed by atoms with E-state index in [0.29, 0.717) is 41.8 Å². The van der Waals surface area contributed by atoms with E-state index in [1.807, 2.05) is 74.5 Å². The highest BCUT2D eigenvalue weighted by Crippen LogP contribution is 2.24. The lowest BCUT2D eigenvalue weighted by Crippen LogP contribution is -2.61. The van der Waals surface area contributed by atoms with Crippen LogP contribution in [0.2, 0.25) is 0 Å². The average Bonchev–Trinajstić information content (AvgIpc) is 1.08. The molecule has 2 fully saturated rings.